The highest BCUT2D eigenvalue weighted by atomic mass is 15.1. The zero-order valence-electron chi connectivity index (χ0n) is 30.2. The molecule has 7 aromatic rings. The quantitative estimate of drug-likeness (QED) is 0.171. The standard InChI is InChI=1S/C50H41N3/c1-50(2)46-19-8-6-17-42(46)43-27-26-41(32-47(43)50)52(40-16-10-12-35(30-40)37-13-11-29-51-33-37)39-24-21-34(22-25-39)36-23-28-49-45(31-36)44-18-7-9-20-48(44)53(49)38-14-4-3-5-15-38/h3-12,14-21,23-24,26-33,37H,13,22,25H2,1-2H3. The van der Waals surface area contributed by atoms with Gasteiger partial charge in [-0.2, -0.15) is 0 Å². The summed E-state index contributed by atoms with van der Waals surface area (Å²) in [5.41, 5.74) is 16.7. The van der Waals surface area contributed by atoms with Gasteiger partial charge in [-0.25, -0.2) is 0 Å². The van der Waals surface area contributed by atoms with Gasteiger partial charge in [0.25, 0.3) is 0 Å². The van der Waals surface area contributed by atoms with Crippen molar-refractivity contribution in [1.29, 1.82) is 0 Å². The Bertz CT molecular complexity index is 2680. The first-order valence-corrected chi connectivity index (χ1v) is 18.9. The van der Waals surface area contributed by atoms with E-state index in [0.717, 1.165) is 19.3 Å². The lowest BCUT2D eigenvalue weighted by atomic mass is 9.82. The van der Waals surface area contributed by atoms with Gasteiger partial charge in [0.1, 0.15) is 0 Å². The van der Waals surface area contributed by atoms with E-state index in [1.54, 1.807) is 0 Å². The Morgan fingerprint density at radius 1 is 0.642 bits per heavy atom. The van der Waals surface area contributed by atoms with Gasteiger partial charge < -0.3 is 9.47 Å². The van der Waals surface area contributed by atoms with Crippen LogP contribution >= 0.6 is 0 Å². The van der Waals surface area contributed by atoms with Gasteiger partial charge in [-0.3, -0.25) is 4.99 Å². The first-order valence-electron chi connectivity index (χ1n) is 18.9. The van der Waals surface area contributed by atoms with Crippen molar-refractivity contribution >= 4 is 45.0 Å². The zero-order valence-corrected chi connectivity index (χ0v) is 30.2. The third kappa shape index (κ3) is 5.22. The third-order valence-corrected chi connectivity index (χ3v) is 11.7. The van der Waals surface area contributed by atoms with E-state index in [4.69, 9.17) is 0 Å². The zero-order chi connectivity index (χ0) is 35.5. The summed E-state index contributed by atoms with van der Waals surface area (Å²) in [5, 5.41) is 2.58. The average Bonchev–Trinajstić information content (AvgIpc) is 3.67. The number of aliphatic imine (C=N–C) groups is 1. The van der Waals surface area contributed by atoms with E-state index in [1.165, 1.54) is 83.5 Å². The van der Waals surface area contributed by atoms with Gasteiger partial charge in [0.2, 0.25) is 0 Å². The summed E-state index contributed by atoms with van der Waals surface area (Å²) >= 11 is 0. The molecule has 0 fully saturated rings. The van der Waals surface area contributed by atoms with Gasteiger partial charge in [0.05, 0.1) is 11.0 Å². The molecule has 1 aliphatic heterocycles. The topological polar surface area (TPSA) is 20.5 Å². The molecule has 0 bridgehead atoms. The summed E-state index contributed by atoms with van der Waals surface area (Å²) in [6.45, 7) is 4.73. The van der Waals surface area contributed by atoms with Crippen molar-refractivity contribution in [2.75, 3.05) is 4.90 Å². The number of hydrogen-bond donors (Lipinski definition) is 0. The molecule has 3 aliphatic rings. The van der Waals surface area contributed by atoms with Crippen molar-refractivity contribution in [3.05, 3.63) is 192 Å². The monoisotopic (exact) mass is 683 g/mol. The van der Waals surface area contributed by atoms with Crippen LogP contribution in [-0.4, -0.2) is 10.8 Å². The van der Waals surface area contributed by atoms with Crippen LogP contribution in [0.4, 0.5) is 11.4 Å². The molecule has 1 atom stereocenters. The fourth-order valence-corrected chi connectivity index (χ4v) is 8.99. The molecule has 0 saturated carbocycles. The number of benzene rings is 6. The van der Waals surface area contributed by atoms with Crippen molar-refractivity contribution in [1.82, 2.24) is 4.57 Å². The average molecular weight is 684 g/mol. The second kappa shape index (κ2) is 12.5. The molecule has 53 heavy (non-hydrogen) atoms. The molecule has 6 aromatic carbocycles. The number of allylic oxidation sites excluding steroid dienone is 5. The third-order valence-electron chi connectivity index (χ3n) is 11.7. The normalized spacial score (nSPS) is 17.1. The maximum Gasteiger partial charge on any atom is 0.0541 e. The molecule has 1 unspecified atom stereocenters. The minimum Gasteiger partial charge on any atom is -0.314 e. The predicted octanol–water partition coefficient (Wildman–Crippen LogP) is 13.1. The van der Waals surface area contributed by atoms with Crippen molar-refractivity contribution in [2.45, 2.75) is 44.4 Å². The number of nitrogens with zero attached hydrogens (tertiary/aromatic N) is 3. The maximum absolute atomic E-state index is 4.48. The molecule has 2 heterocycles. The predicted molar refractivity (Wildman–Crippen MR) is 224 cm³/mol. The second-order valence-corrected chi connectivity index (χ2v) is 15.1. The lowest BCUT2D eigenvalue weighted by molar-refractivity contribution is 0.660. The van der Waals surface area contributed by atoms with E-state index in [2.05, 4.69) is 192 Å². The van der Waals surface area contributed by atoms with Crippen LogP contribution < -0.4 is 4.90 Å². The minimum absolute atomic E-state index is 0.0728. The molecule has 0 saturated heterocycles. The van der Waals surface area contributed by atoms with Crippen LogP contribution in [0.25, 0.3) is 44.2 Å². The highest BCUT2D eigenvalue weighted by molar-refractivity contribution is 6.10. The molecule has 2 aliphatic carbocycles. The summed E-state index contributed by atoms with van der Waals surface area (Å²) in [6.07, 6.45) is 13.8. The van der Waals surface area contributed by atoms with E-state index >= 15 is 0 Å². The minimum atomic E-state index is -0.0728. The van der Waals surface area contributed by atoms with Crippen LogP contribution in [0.1, 0.15) is 61.3 Å². The molecule has 3 nitrogen and oxygen atoms in total. The van der Waals surface area contributed by atoms with Crippen molar-refractivity contribution in [3.63, 3.8) is 0 Å². The van der Waals surface area contributed by atoms with Crippen LogP contribution in [-0.2, 0) is 5.41 Å². The molecule has 10 rings (SSSR count). The number of anilines is 2. The van der Waals surface area contributed by atoms with Gasteiger partial charge >= 0.3 is 0 Å². The number of fused-ring (bicyclic) bond motifs is 6. The van der Waals surface area contributed by atoms with Crippen LogP contribution in [0.2, 0.25) is 0 Å². The van der Waals surface area contributed by atoms with E-state index < -0.39 is 0 Å². The van der Waals surface area contributed by atoms with Crippen molar-refractivity contribution < 1.29 is 0 Å². The number of rotatable bonds is 6. The maximum atomic E-state index is 4.48. The fraction of sp³-hybridized carbons (Fsp3) is 0.140. The lowest BCUT2D eigenvalue weighted by Crippen LogP contribution is -2.20. The Labute approximate surface area is 311 Å². The van der Waals surface area contributed by atoms with Crippen LogP contribution in [0.15, 0.2) is 175 Å². The fourth-order valence-electron chi connectivity index (χ4n) is 8.99. The highest BCUT2D eigenvalue weighted by Crippen LogP contribution is 2.50. The second-order valence-electron chi connectivity index (χ2n) is 15.1. The van der Waals surface area contributed by atoms with Crippen LogP contribution in [0.5, 0.6) is 0 Å². The molecule has 0 amide bonds. The van der Waals surface area contributed by atoms with E-state index in [1.807, 2.05) is 6.20 Å². The molecular formula is C50H41N3. The Kier molecular flexibility index (Phi) is 7.43. The summed E-state index contributed by atoms with van der Waals surface area (Å²) < 4.78 is 2.39. The summed E-state index contributed by atoms with van der Waals surface area (Å²) in [4.78, 5) is 6.98. The van der Waals surface area contributed by atoms with Crippen molar-refractivity contribution in [3.8, 4) is 16.8 Å². The van der Waals surface area contributed by atoms with Gasteiger partial charge in [-0.15, -0.1) is 0 Å². The Balaban J connectivity index is 1.07. The molecule has 0 radical (unpaired) electrons. The van der Waals surface area contributed by atoms with Gasteiger partial charge in [0, 0.05) is 57.3 Å². The number of para-hydroxylation sites is 2. The van der Waals surface area contributed by atoms with Gasteiger partial charge in [-0.1, -0.05) is 111 Å². The summed E-state index contributed by atoms with van der Waals surface area (Å²) in [5.74, 6) is 0.282. The van der Waals surface area contributed by atoms with Gasteiger partial charge in [0.15, 0.2) is 0 Å². The van der Waals surface area contributed by atoms with Crippen LogP contribution in [0.3, 0.4) is 0 Å². The lowest BCUT2D eigenvalue weighted by Gasteiger charge is -2.32. The summed E-state index contributed by atoms with van der Waals surface area (Å²) in [7, 11) is 0. The largest absolute Gasteiger partial charge is 0.314 e. The Morgan fingerprint density at radius 2 is 1.43 bits per heavy atom. The molecule has 0 spiro atoms. The first kappa shape index (κ1) is 31.5. The Morgan fingerprint density at radius 3 is 2.28 bits per heavy atom. The molecular weight excluding hydrogens is 643 g/mol. The van der Waals surface area contributed by atoms with E-state index in [9.17, 15) is 0 Å². The molecule has 0 N–H and O–H groups in total. The SMILES string of the molecule is CC1(C)c2ccccc2-c2ccc(N(C3=CC=C(c4ccc5c(c4)c4ccccc4n5-c4ccccc4)CC3)c3cccc(C4C=NC=CC4)c3)cc21. The summed E-state index contributed by atoms with van der Waals surface area (Å²) in [6, 6.07) is 51.6. The first-order chi connectivity index (χ1) is 26.0. The number of hydrogen-bond acceptors (Lipinski definition) is 2. The molecule has 1 aromatic heterocycles. The number of aromatic nitrogens is 1. The smallest absolute Gasteiger partial charge is 0.0541 e. The highest BCUT2D eigenvalue weighted by Gasteiger charge is 2.36. The van der Waals surface area contributed by atoms with E-state index in [0.29, 0.717) is 0 Å². The van der Waals surface area contributed by atoms with E-state index in [-0.39, 0.29) is 11.3 Å². The molecule has 3 heteroatoms. The Hall–Kier alpha value is -6.19. The van der Waals surface area contributed by atoms with Crippen LogP contribution in [0, 0.1) is 0 Å². The van der Waals surface area contributed by atoms with Crippen molar-refractivity contribution in [2.24, 2.45) is 4.99 Å². The molecule has 256 valence electrons. The van der Waals surface area contributed by atoms with Gasteiger partial charge in [-0.05, 0) is 119 Å².